The van der Waals surface area contributed by atoms with Crippen LogP contribution in [0.4, 0.5) is 0 Å². The van der Waals surface area contributed by atoms with E-state index in [-0.39, 0.29) is 11.8 Å². The smallest absolute Gasteiger partial charge is 0.242 e. The first-order valence-corrected chi connectivity index (χ1v) is 10.4. The van der Waals surface area contributed by atoms with Crippen LogP contribution in [-0.2, 0) is 22.6 Å². The number of nitrogens with zero attached hydrogens (tertiary/aromatic N) is 1. The van der Waals surface area contributed by atoms with Crippen molar-refractivity contribution < 1.29 is 9.59 Å². The highest BCUT2D eigenvalue weighted by atomic mass is 16.2. The van der Waals surface area contributed by atoms with E-state index in [4.69, 9.17) is 0 Å². The maximum atomic E-state index is 13.1. The van der Waals surface area contributed by atoms with Crippen molar-refractivity contribution in [2.45, 2.75) is 60.0 Å². The van der Waals surface area contributed by atoms with Crippen molar-refractivity contribution in [1.29, 1.82) is 0 Å². The maximum Gasteiger partial charge on any atom is 0.242 e. The van der Waals surface area contributed by atoms with Crippen LogP contribution in [0.5, 0.6) is 0 Å². The van der Waals surface area contributed by atoms with Crippen molar-refractivity contribution in [3.8, 4) is 0 Å². The number of amides is 2. The average Bonchev–Trinajstić information content (AvgIpc) is 2.70. The fourth-order valence-electron chi connectivity index (χ4n) is 3.07. The highest BCUT2D eigenvalue weighted by Crippen LogP contribution is 2.14. The number of carbonyl (C=O) groups excluding carboxylic acids is 2. The standard InChI is InChI=1S/C25H34N2O2/c1-18(2)16-26-25(29)21(5)27(17-23-12-8-20(4)9-13-23)24(28)15-14-22-10-6-19(3)7-11-22/h6-13,18,21H,14-17H2,1-5H3,(H,26,29). The van der Waals surface area contributed by atoms with Gasteiger partial charge in [0.1, 0.15) is 6.04 Å². The van der Waals surface area contributed by atoms with Crippen LogP contribution in [0.2, 0.25) is 0 Å². The molecule has 2 aromatic rings. The number of aryl methyl sites for hydroxylation is 3. The van der Waals surface area contributed by atoms with E-state index in [1.807, 2.05) is 38.1 Å². The third kappa shape index (κ3) is 7.37. The molecule has 4 heteroatoms. The zero-order valence-electron chi connectivity index (χ0n) is 18.4. The van der Waals surface area contributed by atoms with Gasteiger partial charge < -0.3 is 10.2 Å². The third-order valence-corrected chi connectivity index (χ3v) is 5.07. The molecule has 2 aromatic carbocycles. The monoisotopic (exact) mass is 394 g/mol. The lowest BCUT2D eigenvalue weighted by atomic mass is 10.1. The highest BCUT2D eigenvalue weighted by molar-refractivity contribution is 5.87. The Morgan fingerprint density at radius 1 is 0.862 bits per heavy atom. The van der Waals surface area contributed by atoms with E-state index in [0.29, 0.717) is 31.8 Å². The Hall–Kier alpha value is -2.62. The predicted octanol–water partition coefficient (Wildman–Crippen LogP) is 4.43. The van der Waals surface area contributed by atoms with Gasteiger partial charge in [-0.25, -0.2) is 0 Å². The molecule has 2 rings (SSSR count). The summed E-state index contributed by atoms with van der Waals surface area (Å²) in [5, 5.41) is 2.96. The van der Waals surface area contributed by atoms with Crippen molar-refractivity contribution in [3.05, 3.63) is 70.8 Å². The van der Waals surface area contributed by atoms with Gasteiger partial charge in [-0.15, -0.1) is 0 Å². The average molecular weight is 395 g/mol. The Morgan fingerprint density at radius 2 is 1.38 bits per heavy atom. The predicted molar refractivity (Wildman–Crippen MR) is 119 cm³/mol. The van der Waals surface area contributed by atoms with Crippen LogP contribution in [0.1, 0.15) is 49.4 Å². The summed E-state index contributed by atoms with van der Waals surface area (Å²) in [6, 6.07) is 15.8. The van der Waals surface area contributed by atoms with E-state index in [1.165, 1.54) is 11.1 Å². The molecule has 2 amide bonds. The summed E-state index contributed by atoms with van der Waals surface area (Å²) in [6.45, 7) is 11.1. The summed E-state index contributed by atoms with van der Waals surface area (Å²) >= 11 is 0. The first-order chi connectivity index (χ1) is 13.8. The fraction of sp³-hybridized carbons (Fsp3) is 0.440. The summed E-state index contributed by atoms with van der Waals surface area (Å²) in [5.41, 5.74) is 4.55. The summed E-state index contributed by atoms with van der Waals surface area (Å²) in [4.78, 5) is 27.4. The Labute approximate surface area is 175 Å². The molecule has 1 N–H and O–H groups in total. The molecule has 0 saturated heterocycles. The molecular weight excluding hydrogens is 360 g/mol. The minimum Gasteiger partial charge on any atom is -0.354 e. The molecule has 0 saturated carbocycles. The number of hydrogen-bond donors (Lipinski definition) is 1. The second-order valence-corrected chi connectivity index (χ2v) is 8.31. The Morgan fingerprint density at radius 3 is 1.90 bits per heavy atom. The molecule has 156 valence electrons. The van der Waals surface area contributed by atoms with Gasteiger partial charge in [0.2, 0.25) is 11.8 Å². The van der Waals surface area contributed by atoms with Gasteiger partial charge >= 0.3 is 0 Å². The summed E-state index contributed by atoms with van der Waals surface area (Å²) in [5.74, 6) is 0.266. The number of carbonyl (C=O) groups is 2. The lowest BCUT2D eigenvalue weighted by Crippen LogP contribution is -2.48. The third-order valence-electron chi connectivity index (χ3n) is 5.07. The Balaban J connectivity index is 2.10. The summed E-state index contributed by atoms with van der Waals surface area (Å²) in [6.07, 6.45) is 1.06. The zero-order chi connectivity index (χ0) is 21.4. The molecule has 1 unspecified atom stereocenters. The molecule has 4 nitrogen and oxygen atoms in total. The molecule has 0 bridgehead atoms. The molecule has 0 spiro atoms. The van der Waals surface area contributed by atoms with Gasteiger partial charge in [0, 0.05) is 19.5 Å². The van der Waals surface area contributed by atoms with Gasteiger partial charge in [-0.3, -0.25) is 9.59 Å². The lowest BCUT2D eigenvalue weighted by Gasteiger charge is -2.29. The van der Waals surface area contributed by atoms with E-state index >= 15 is 0 Å². The first kappa shape index (κ1) is 22.7. The molecular formula is C25H34N2O2. The van der Waals surface area contributed by atoms with Gasteiger partial charge in [0.25, 0.3) is 0 Å². The summed E-state index contributed by atoms with van der Waals surface area (Å²) in [7, 11) is 0. The molecule has 29 heavy (non-hydrogen) atoms. The van der Waals surface area contributed by atoms with E-state index < -0.39 is 6.04 Å². The van der Waals surface area contributed by atoms with Gasteiger partial charge in [-0.05, 0) is 44.2 Å². The van der Waals surface area contributed by atoms with Crippen molar-refractivity contribution >= 4 is 11.8 Å². The molecule has 0 aromatic heterocycles. The van der Waals surface area contributed by atoms with E-state index in [2.05, 4.69) is 50.4 Å². The van der Waals surface area contributed by atoms with Crippen LogP contribution >= 0.6 is 0 Å². The first-order valence-electron chi connectivity index (χ1n) is 10.4. The van der Waals surface area contributed by atoms with E-state index in [1.54, 1.807) is 4.90 Å². The topological polar surface area (TPSA) is 49.4 Å². The SMILES string of the molecule is Cc1ccc(CCC(=O)N(Cc2ccc(C)cc2)C(C)C(=O)NCC(C)C)cc1. The van der Waals surface area contributed by atoms with Crippen molar-refractivity contribution in [2.24, 2.45) is 5.92 Å². The van der Waals surface area contributed by atoms with Crippen molar-refractivity contribution in [2.75, 3.05) is 6.54 Å². The van der Waals surface area contributed by atoms with Crippen LogP contribution in [0.25, 0.3) is 0 Å². The lowest BCUT2D eigenvalue weighted by molar-refractivity contribution is -0.140. The Kier molecular flexibility index (Phi) is 8.44. The summed E-state index contributed by atoms with van der Waals surface area (Å²) < 4.78 is 0. The maximum absolute atomic E-state index is 13.1. The second-order valence-electron chi connectivity index (χ2n) is 8.31. The number of hydrogen-bond acceptors (Lipinski definition) is 2. The minimum absolute atomic E-state index is 0.00153. The molecule has 0 fully saturated rings. The minimum atomic E-state index is -0.513. The highest BCUT2D eigenvalue weighted by Gasteiger charge is 2.25. The molecule has 0 aliphatic heterocycles. The molecule has 1 atom stereocenters. The van der Waals surface area contributed by atoms with Crippen molar-refractivity contribution in [1.82, 2.24) is 10.2 Å². The number of benzene rings is 2. The van der Waals surface area contributed by atoms with E-state index in [9.17, 15) is 9.59 Å². The quantitative estimate of drug-likeness (QED) is 0.684. The molecule has 0 radical (unpaired) electrons. The van der Waals surface area contributed by atoms with Crippen LogP contribution < -0.4 is 5.32 Å². The fourth-order valence-corrected chi connectivity index (χ4v) is 3.07. The second kappa shape index (κ2) is 10.8. The van der Waals surface area contributed by atoms with Crippen LogP contribution in [0.15, 0.2) is 48.5 Å². The zero-order valence-corrected chi connectivity index (χ0v) is 18.4. The van der Waals surface area contributed by atoms with Gasteiger partial charge in [0.05, 0.1) is 0 Å². The number of rotatable bonds is 9. The van der Waals surface area contributed by atoms with Crippen molar-refractivity contribution in [3.63, 3.8) is 0 Å². The van der Waals surface area contributed by atoms with Gasteiger partial charge in [-0.1, -0.05) is 73.5 Å². The van der Waals surface area contributed by atoms with Gasteiger partial charge in [-0.2, -0.15) is 0 Å². The van der Waals surface area contributed by atoms with Crippen LogP contribution in [-0.4, -0.2) is 29.3 Å². The Bertz CT molecular complexity index is 795. The molecule has 0 aliphatic rings. The molecule has 0 heterocycles. The van der Waals surface area contributed by atoms with E-state index in [0.717, 1.165) is 11.1 Å². The van der Waals surface area contributed by atoms with Gasteiger partial charge in [0.15, 0.2) is 0 Å². The number of nitrogens with one attached hydrogen (secondary N) is 1. The van der Waals surface area contributed by atoms with Crippen LogP contribution in [0, 0.1) is 19.8 Å². The molecule has 0 aliphatic carbocycles. The largest absolute Gasteiger partial charge is 0.354 e. The van der Waals surface area contributed by atoms with Crippen LogP contribution in [0.3, 0.4) is 0 Å². The normalized spacial score (nSPS) is 11.9.